The van der Waals surface area contributed by atoms with E-state index in [2.05, 4.69) is 4.52 Å². The van der Waals surface area contributed by atoms with Gasteiger partial charge in [-0.15, -0.1) is 0 Å². The Morgan fingerprint density at radius 3 is 2.40 bits per heavy atom. The molecule has 10 heavy (non-hydrogen) atoms. The minimum Gasteiger partial charge on any atom is -0.394 e. The smallest absolute Gasteiger partial charge is 0.380 e. The van der Waals surface area contributed by atoms with Crippen molar-refractivity contribution in [3.05, 3.63) is 0 Å². The maximum atomic E-state index is 10.4. The van der Waals surface area contributed by atoms with Gasteiger partial charge in [-0.1, -0.05) is 0 Å². The lowest BCUT2D eigenvalue weighted by molar-refractivity contribution is 0.0566. The van der Waals surface area contributed by atoms with Gasteiger partial charge in [0.15, 0.2) is 0 Å². The van der Waals surface area contributed by atoms with Crippen LogP contribution in [0.5, 0.6) is 0 Å². The second kappa shape index (κ2) is 4.54. The van der Waals surface area contributed by atoms with E-state index in [9.17, 15) is 4.57 Å². The Morgan fingerprint density at radius 1 is 1.60 bits per heavy atom. The Hall–Kier alpha value is 0.690. The maximum Gasteiger partial charge on any atom is 0.380 e. The summed E-state index contributed by atoms with van der Waals surface area (Å²) in [6.45, 7) is -0.811. The van der Waals surface area contributed by atoms with E-state index >= 15 is 0 Å². The van der Waals surface area contributed by atoms with Crippen LogP contribution in [-0.4, -0.2) is 29.5 Å². The van der Waals surface area contributed by atoms with Gasteiger partial charge in [-0.3, -0.25) is 4.57 Å². The largest absolute Gasteiger partial charge is 0.394 e. The third-order valence-electron chi connectivity index (χ3n) is 0.628. The Kier molecular flexibility index (Phi) is 4.86. The average Bonchev–Trinajstić information content (AvgIpc) is 1.81. The molecule has 0 aliphatic carbocycles. The van der Waals surface area contributed by atoms with E-state index in [4.69, 9.17) is 32.7 Å². The molecule has 0 rings (SSSR count). The number of hydrogen-bond acceptors (Lipinski definition) is 4. The van der Waals surface area contributed by atoms with E-state index in [1.807, 2.05) is 0 Å². The molecule has 0 bridgehead atoms. The van der Waals surface area contributed by atoms with E-state index in [-0.39, 0.29) is 6.61 Å². The van der Waals surface area contributed by atoms with Crippen molar-refractivity contribution in [3.63, 3.8) is 0 Å². The first-order valence-electron chi connectivity index (χ1n) is 2.38. The Bertz CT molecular complexity index is 134. The van der Waals surface area contributed by atoms with Crippen molar-refractivity contribution in [2.24, 2.45) is 0 Å². The lowest BCUT2D eigenvalue weighted by atomic mass is 10.4. The van der Waals surface area contributed by atoms with E-state index in [0.29, 0.717) is 0 Å². The van der Waals surface area contributed by atoms with Gasteiger partial charge in [-0.05, 0) is 22.5 Å². The zero-order valence-corrected chi connectivity index (χ0v) is 7.31. The van der Waals surface area contributed by atoms with Crippen molar-refractivity contribution in [2.75, 3.05) is 13.2 Å². The number of hydrogen-bond donors (Lipinski definition) is 2. The molecule has 0 amide bonds. The third-order valence-corrected chi connectivity index (χ3v) is 1.66. The van der Waals surface area contributed by atoms with Gasteiger partial charge in [-0.2, -0.15) is 0 Å². The standard InChI is InChI=1S/C3H7Cl2O4P/c4-10(5,8)9-2-3(7)1-6/h3,6-7H,1-2H2. The van der Waals surface area contributed by atoms with E-state index in [0.717, 1.165) is 0 Å². The molecule has 0 fully saturated rings. The van der Waals surface area contributed by atoms with Crippen LogP contribution in [0, 0.1) is 0 Å². The summed E-state index contributed by atoms with van der Waals surface area (Å²) >= 11 is 9.88. The Labute approximate surface area is 67.7 Å². The fraction of sp³-hybridized carbons (Fsp3) is 1.00. The Balaban J connectivity index is 3.46. The van der Waals surface area contributed by atoms with E-state index in [1.165, 1.54) is 0 Å². The van der Waals surface area contributed by atoms with Crippen LogP contribution in [0.3, 0.4) is 0 Å². The average molecular weight is 209 g/mol. The Morgan fingerprint density at radius 2 is 2.10 bits per heavy atom. The monoisotopic (exact) mass is 208 g/mol. The molecule has 0 aromatic heterocycles. The summed E-state index contributed by atoms with van der Waals surface area (Å²) in [6, 6.07) is 0. The van der Waals surface area contributed by atoms with Gasteiger partial charge in [0.1, 0.15) is 6.10 Å². The first kappa shape index (κ1) is 10.7. The molecule has 0 heterocycles. The maximum absolute atomic E-state index is 10.4. The number of rotatable bonds is 4. The molecule has 0 radical (unpaired) electrons. The first-order valence-corrected chi connectivity index (χ1v) is 5.82. The molecule has 1 atom stereocenters. The fourth-order valence-electron chi connectivity index (χ4n) is 0.226. The normalized spacial score (nSPS) is 15.2. The van der Waals surface area contributed by atoms with Crippen molar-refractivity contribution in [1.29, 1.82) is 0 Å². The summed E-state index contributed by atoms with van der Waals surface area (Å²) in [5.41, 5.74) is 0. The quantitative estimate of drug-likeness (QED) is 0.676. The predicted octanol–water partition coefficient (Wildman–Crippen LogP) is 0.942. The highest BCUT2D eigenvalue weighted by atomic mass is 35.9. The minimum absolute atomic E-state index is 0.333. The van der Waals surface area contributed by atoms with Crippen LogP contribution in [-0.2, 0) is 9.09 Å². The molecule has 7 heteroatoms. The van der Waals surface area contributed by atoms with Gasteiger partial charge in [0, 0.05) is 0 Å². The van der Waals surface area contributed by atoms with Crippen LogP contribution in [0.4, 0.5) is 0 Å². The molecule has 0 saturated carbocycles. The van der Waals surface area contributed by atoms with Gasteiger partial charge < -0.3 is 14.7 Å². The molecule has 0 aromatic rings. The second-order valence-corrected chi connectivity index (χ2v) is 5.82. The lowest BCUT2D eigenvalue weighted by Gasteiger charge is -2.07. The molecule has 62 valence electrons. The number of halogens is 2. The minimum atomic E-state index is -3.56. The highest BCUT2D eigenvalue weighted by Gasteiger charge is 2.16. The molecular formula is C3H7Cl2O4P. The van der Waals surface area contributed by atoms with Gasteiger partial charge in [-0.25, -0.2) is 0 Å². The second-order valence-electron chi connectivity index (χ2n) is 1.55. The van der Waals surface area contributed by atoms with Crippen molar-refractivity contribution in [2.45, 2.75) is 6.10 Å². The first-order chi connectivity index (χ1) is 4.45. The molecule has 1 unspecified atom stereocenters. The number of aliphatic hydroxyl groups excluding tert-OH is 2. The summed E-state index contributed by atoms with van der Waals surface area (Å²) in [4.78, 5) is 0. The van der Waals surface area contributed by atoms with Crippen molar-refractivity contribution >= 4 is 28.6 Å². The lowest BCUT2D eigenvalue weighted by Crippen LogP contribution is -2.17. The zero-order chi connectivity index (χ0) is 8.20. The van der Waals surface area contributed by atoms with Crippen LogP contribution in [0.2, 0.25) is 0 Å². The van der Waals surface area contributed by atoms with Crippen LogP contribution in [0.1, 0.15) is 0 Å². The van der Waals surface area contributed by atoms with Gasteiger partial charge in [0.25, 0.3) is 0 Å². The third kappa shape index (κ3) is 6.81. The predicted molar refractivity (Wildman–Crippen MR) is 38.4 cm³/mol. The highest BCUT2D eigenvalue weighted by molar-refractivity contribution is 8.05. The van der Waals surface area contributed by atoms with Crippen molar-refractivity contribution in [3.8, 4) is 0 Å². The molecule has 0 spiro atoms. The topological polar surface area (TPSA) is 66.8 Å². The zero-order valence-electron chi connectivity index (χ0n) is 4.91. The van der Waals surface area contributed by atoms with Crippen LogP contribution < -0.4 is 0 Å². The summed E-state index contributed by atoms with van der Waals surface area (Å²) in [5, 5.41) is 16.8. The van der Waals surface area contributed by atoms with E-state index in [1.54, 1.807) is 0 Å². The molecule has 0 aromatic carbocycles. The fourth-order valence-corrected chi connectivity index (χ4v) is 0.909. The molecule has 0 aliphatic rings. The van der Waals surface area contributed by atoms with Crippen molar-refractivity contribution in [1.82, 2.24) is 0 Å². The molecule has 0 aliphatic heterocycles. The van der Waals surface area contributed by atoms with Gasteiger partial charge in [0.2, 0.25) is 0 Å². The van der Waals surface area contributed by atoms with Crippen LogP contribution in [0.25, 0.3) is 0 Å². The molecule has 4 nitrogen and oxygen atoms in total. The molecule has 0 saturated heterocycles. The van der Waals surface area contributed by atoms with Crippen LogP contribution in [0.15, 0.2) is 0 Å². The van der Waals surface area contributed by atoms with Gasteiger partial charge >= 0.3 is 6.07 Å². The van der Waals surface area contributed by atoms with Crippen molar-refractivity contribution < 1.29 is 19.3 Å². The summed E-state index contributed by atoms with van der Waals surface area (Å²) in [6.07, 6.45) is -4.65. The van der Waals surface area contributed by atoms with Gasteiger partial charge in [0.05, 0.1) is 13.2 Å². The summed E-state index contributed by atoms with van der Waals surface area (Å²) in [5.74, 6) is 0. The number of aliphatic hydroxyl groups is 2. The molecular weight excluding hydrogens is 202 g/mol. The SMILES string of the molecule is O=P(Cl)(Cl)OCC(O)CO. The summed E-state index contributed by atoms with van der Waals surface area (Å²) in [7, 11) is 0. The molecule has 2 N–H and O–H groups in total. The highest BCUT2D eigenvalue weighted by Crippen LogP contribution is 2.57. The van der Waals surface area contributed by atoms with Crippen LogP contribution >= 0.6 is 28.6 Å². The van der Waals surface area contributed by atoms with E-state index < -0.39 is 18.8 Å². The summed E-state index contributed by atoms with van der Waals surface area (Å²) < 4.78 is 14.6.